The van der Waals surface area contributed by atoms with Crippen molar-refractivity contribution in [2.75, 3.05) is 47.5 Å². The number of phosphoric ester groups is 1. The monoisotopic (exact) mass is 1130 g/mol. The lowest BCUT2D eigenvalue weighted by molar-refractivity contribution is -0.870. The van der Waals surface area contributed by atoms with E-state index in [0.717, 1.165) is 38.5 Å². The van der Waals surface area contributed by atoms with Crippen molar-refractivity contribution in [1.82, 2.24) is 0 Å². The Hall–Kier alpha value is -0.990. The fraction of sp³-hybridized carbons (Fsp3) is 0.971. The van der Waals surface area contributed by atoms with Crippen LogP contribution >= 0.6 is 7.82 Å². The van der Waals surface area contributed by atoms with Crippen LogP contribution in [-0.2, 0) is 32.7 Å². The number of carbonyl (C=O) groups excluding carboxylic acids is 2. The van der Waals surface area contributed by atoms with Gasteiger partial charge in [0.2, 0.25) is 0 Å². The Kier molecular flexibility index (Phi) is 59.8. The van der Waals surface area contributed by atoms with Crippen molar-refractivity contribution in [3.8, 4) is 0 Å². The van der Waals surface area contributed by atoms with Crippen LogP contribution in [-0.4, -0.2) is 74.9 Å². The number of hydrogen-bond acceptors (Lipinski definition) is 7. The number of likely N-dealkylation sites (N-methyl/N-ethyl adjacent to an activating group) is 1. The summed E-state index contributed by atoms with van der Waals surface area (Å²) in [4.78, 5) is 35.7. The molecule has 0 rings (SSSR count). The molecule has 0 bridgehead atoms. The molecular weight excluding hydrogens is 990 g/mol. The molecule has 0 fully saturated rings. The minimum atomic E-state index is -4.38. The number of quaternary nitrogens is 1. The first-order valence-corrected chi connectivity index (χ1v) is 36.3. The number of carbonyl (C=O) groups is 2. The predicted octanol–water partition coefficient (Wildman–Crippen LogP) is 22.2. The summed E-state index contributed by atoms with van der Waals surface area (Å²) in [7, 11) is 1.50. The summed E-state index contributed by atoms with van der Waals surface area (Å²) in [6, 6.07) is 0. The molecule has 0 aliphatic heterocycles. The Balaban J connectivity index is 3.80. The van der Waals surface area contributed by atoms with Gasteiger partial charge in [-0.05, 0) is 12.8 Å². The van der Waals surface area contributed by atoms with Crippen LogP contribution in [0.4, 0.5) is 0 Å². The first-order chi connectivity index (χ1) is 38.0. The summed E-state index contributed by atoms with van der Waals surface area (Å²) < 4.78 is 34.6. The van der Waals surface area contributed by atoms with Crippen molar-refractivity contribution in [1.29, 1.82) is 0 Å². The highest BCUT2D eigenvalue weighted by molar-refractivity contribution is 7.47. The fourth-order valence-electron chi connectivity index (χ4n) is 10.8. The molecule has 10 heteroatoms. The van der Waals surface area contributed by atoms with Gasteiger partial charge in [0.1, 0.15) is 19.8 Å². The zero-order valence-corrected chi connectivity index (χ0v) is 54.1. The van der Waals surface area contributed by atoms with Gasteiger partial charge in [0.05, 0.1) is 27.7 Å². The second-order valence-corrected chi connectivity index (χ2v) is 26.7. The molecule has 0 aliphatic carbocycles. The van der Waals surface area contributed by atoms with Gasteiger partial charge in [-0.1, -0.05) is 348 Å². The highest BCUT2D eigenvalue weighted by Crippen LogP contribution is 2.43. The maximum Gasteiger partial charge on any atom is 0.472 e. The molecule has 0 aromatic heterocycles. The van der Waals surface area contributed by atoms with Crippen LogP contribution in [0.2, 0.25) is 0 Å². The van der Waals surface area contributed by atoms with E-state index in [1.807, 2.05) is 21.1 Å². The van der Waals surface area contributed by atoms with Gasteiger partial charge in [-0.15, -0.1) is 0 Å². The third-order valence-electron chi connectivity index (χ3n) is 16.1. The number of hydrogen-bond donors (Lipinski definition) is 1. The molecule has 0 saturated carbocycles. The SMILES string of the molecule is CCCCCCCCCCCCCCCCCCCCCCCCCCCCCCCCCCCCCCCCCCC(=O)OC(COC(=O)CCCCCCCCCCCCCCCC)COP(=O)(O)OCC[N+](C)(C)C. The van der Waals surface area contributed by atoms with E-state index >= 15 is 0 Å². The van der Waals surface area contributed by atoms with Crippen LogP contribution in [0, 0.1) is 0 Å². The van der Waals surface area contributed by atoms with E-state index in [1.165, 1.54) is 308 Å². The molecule has 0 aliphatic rings. The molecule has 466 valence electrons. The normalized spacial score (nSPS) is 13.1. The second-order valence-electron chi connectivity index (χ2n) is 25.3. The zero-order chi connectivity index (χ0) is 57.0. The van der Waals surface area contributed by atoms with Crippen molar-refractivity contribution < 1.29 is 42.1 Å². The van der Waals surface area contributed by atoms with E-state index in [-0.39, 0.29) is 25.6 Å². The first-order valence-electron chi connectivity index (χ1n) is 34.8. The number of unbranched alkanes of at least 4 members (excludes halogenated alkanes) is 52. The average Bonchev–Trinajstić information content (AvgIpc) is 3.41. The third kappa shape index (κ3) is 64.2. The molecule has 0 radical (unpaired) electrons. The van der Waals surface area contributed by atoms with Gasteiger partial charge in [-0.25, -0.2) is 4.57 Å². The van der Waals surface area contributed by atoms with Crippen molar-refractivity contribution in [2.45, 2.75) is 380 Å². The number of nitrogens with zero attached hydrogens (tertiary/aromatic N) is 1. The summed E-state index contributed by atoms with van der Waals surface area (Å²) >= 11 is 0. The van der Waals surface area contributed by atoms with E-state index in [4.69, 9.17) is 18.5 Å². The van der Waals surface area contributed by atoms with Crippen molar-refractivity contribution >= 4 is 19.8 Å². The summed E-state index contributed by atoms with van der Waals surface area (Å²) in [6.07, 6.45) is 72.4. The topological polar surface area (TPSA) is 108 Å². The number of phosphoric acid groups is 1. The lowest BCUT2D eigenvalue weighted by Gasteiger charge is -2.24. The minimum absolute atomic E-state index is 0.0374. The second kappa shape index (κ2) is 60.6. The fourth-order valence-corrected chi connectivity index (χ4v) is 11.5. The van der Waals surface area contributed by atoms with Crippen molar-refractivity contribution in [3.63, 3.8) is 0 Å². The van der Waals surface area contributed by atoms with Gasteiger partial charge in [0, 0.05) is 12.8 Å². The summed E-state index contributed by atoms with van der Waals surface area (Å²) in [5.74, 6) is -0.773. The lowest BCUT2D eigenvalue weighted by Crippen LogP contribution is -2.37. The summed E-state index contributed by atoms with van der Waals surface area (Å²) in [6.45, 7) is 4.51. The number of rotatable bonds is 66. The lowest BCUT2D eigenvalue weighted by atomic mass is 10.0. The number of ether oxygens (including phenoxy) is 2. The van der Waals surface area contributed by atoms with Gasteiger partial charge in [0.25, 0.3) is 0 Å². The van der Waals surface area contributed by atoms with E-state index in [9.17, 15) is 19.0 Å². The van der Waals surface area contributed by atoms with Crippen molar-refractivity contribution in [2.24, 2.45) is 0 Å². The Labute approximate surface area is 486 Å². The summed E-state index contributed by atoms with van der Waals surface area (Å²) in [5, 5.41) is 0. The summed E-state index contributed by atoms with van der Waals surface area (Å²) in [5.41, 5.74) is 0. The molecule has 0 amide bonds. The van der Waals surface area contributed by atoms with Gasteiger partial charge in [-0.3, -0.25) is 18.6 Å². The highest BCUT2D eigenvalue weighted by atomic mass is 31.2. The van der Waals surface area contributed by atoms with E-state index in [0.29, 0.717) is 17.4 Å². The molecular formula is C68H137NO8P+. The highest BCUT2D eigenvalue weighted by Gasteiger charge is 2.27. The Morgan fingerprint density at radius 2 is 0.577 bits per heavy atom. The Morgan fingerprint density at radius 3 is 0.821 bits per heavy atom. The molecule has 0 spiro atoms. The van der Waals surface area contributed by atoms with Gasteiger partial charge >= 0.3 is 19.8 Å². The Morgan fingerprint density at radius 1 is 0.346 bits per heavy atom. The molecule has 0 aromatic rings. The maximum atomic E-state index is 12.8. The number of esters is 2. The average molecular weight is 1130 g/mol. The van der Waals surface area contributed by atoms with Gasteiger partial charge < -0.3 is 18.9 Å². The van der Waals surface area contributed by atoms with Gasteiger partial charge in [0.15, 0.2) is 6.10 Å². The van der Waals surface area contributed by atoms with Crippen LogP contribution < -0.4 is 0 Å². The molecule has 2 atom stereocenters. The van der Waals surface area contributed by atoms with Gasteiger partial charge in [-0.2, -0.15) is 0 Å². The first kappa shape index (κ1) is 77.0. The van der Waals surface area contributed by atoms with E-state index in [2.05, 4.69) is 13.8 Å². The molecule has 0 saturated heterocycles. The maximum absolute atomic E-state index is 12.8. The van der Waals surface area contributed by atoms with E-state index in [1.54, 1.807) is 0 Å². The molecule has 0 heterocycles. The molecule has 1 N–H and O–H groups in total. The largest absolute Gasteiger partial charge is 0.472 e. The smallest absolute Gasteiger partial charge is 0.462 e. The van der Waals surface area contributed by atoms with Crippen LogP contribution in [0.3, 0.4) is 0 Å². The molecule has 78 heavy (non-hydrogen) atoms. The zero-order valence-electron chi connectivity index (χ0n) is 53.2. The van der Waals surface area contributed by atoms with Crippen LogP contribution in [0.5, 0.6) is 0 Å². The quantitative estimate of drug-likeness (QED) is 0.0278. The van der Waals surface area contributed by atoms with Crippen molar-refractivity contribution in [3.05, 3.63) is 0 Å². The standard InChI is InChI=1S/C68H136NO8P/c1-6-8-10-12-14-16-18-20-22-23-24-25-26-27-28-29-30-31-32-33-34-35-36-37-38-39-40-41-42-43-44-45-46-47-49-51-53-55-57-59-61-68(71)77-66(65-76-78(72,73)75-63-62-69(3,4)5)64-74-67(70)60-58-56-54-52-50-48-21-19-17-15-13-11-9-7-2/h66H,6-65H2,1-5H3/p+1. The van der Waals surface area contributed by atoms with E-state index < -0.39 is 26.5 Å². The molecule has 2 unspecified atom stereocenters. The van der Waals surface area contributed by atoms with Crippen LogP contribution in [0.15, 0.2) is 0 Å². The predicted molar refractivity (Wildman–Crippen MR) is 335 cm³/mol. The molecule has 9 nitrogen and oxygen atoms in total. The van der Waals surface area contributed by atoms with Crippen LogP contribution in [0.25, 0.3) is 0 Å². The third-order valence-corrected chi connectivity index (χ3v) is 17.1. The minimum Gasteiger partial charge on any atom is -0.462 e. The molecule has 0 aromatic carbocycles. The van der Waals surface area contributed by atoms with Crippen LogP contribution in [0.1, 0.15) is 373 Å². The Bertz CT molecular complexity index is 1280.